The van der Waals surface area contributed by atoms with Crippen LogP contribution >= 0.6 is 0 Å². The summed E-state index contributed by atoms with van der Waals surface area (Å²) in [6, 6.07) is 9.67. The van der Waals surface area contributed by atoms with E-state index in [4.69, 9.17) is 4.74 Å². The Morgan fingerprint density at radius 1 is 1.03 bits per heavy atom. The van der Waals surface area contributed by atoms with Crippen LogP contribution in [0.5, 0.6) is 5.75 Å². The first-order valence-electron chi connectivity index (χ1n) is 9.55. The van der Waals surface area contributed by atoms with Crippen LogP contribution in [0.3, 0.4) is 0 Å². The van der Waals surface area contributed by atoms with Crippen molar-refractivity contribution >= 4 is 12.0 Å². The number of alkyl carbamates (subject to hydrolysis) is 1. The molecule has 0 fully saturated rings. The van der Waals surface area contributed by atoms with Crippen molar-refractivity contribution in [2.24, 2.45) is 0 Å². The van der Waals surface area contributed by atoms with E-state index in [0.717, 1.165) is 12.1 Å². The van der Waals surface area contributed by atoms with Crippen LogP contribution in [-0.4, -0.2) is 28.7 Å². The molecular weight excluding hydrogens is 413 g/mol. The summed E-state index contributed by atoms with van der Waals surface area (Å²) in [4.78, 5) is 24.9. The minimum absolute atomic E-state index is 0.0504. The van der Waals surface area contributed by atoms with Crippen molar-refractivity contribution in [2.45, 2.75) is 51.6 Å². The van der Waals surface area contributed by atoms with Crippen LogP contribution in [0.25, 0.3) is 0 Å². The molecule has 0 aliphatic heterocycles. The van der Waals surface area contributed by atoms with E-state index in [-0.39, 0.29) is 24.3 Å². The van der Waals surface area contributed by atoms with Crippen molar-refractivity contribution in [1.29, 1.82) is 0 Å². The highest BCUT2D eigenvalue weighted by atomic mass is 19.4. The number of alkyl halides is 3. The molecular formula is C22H25F3N2O4. The van der Waals surface area contributed by atoms with Gasteiger partial charge in [0, 0.05) is 13.0 Å². The first-order chi connectivity index (χ1) is 14.3. The second-order valence-corrected chi connectivity index (χ2v) is 7.99. The number of rotatable bonds is 6. The van der Waals surface area contributed by atoms with Crippen LogP contribution in [0, 0.1) is 0 Å². The van der Waals surface area contributed by atoms with Crippen molar-refractivity contribution in [1.82, 2.24) is 10.6 Å². The standard InChI is InChI=1S/C22H25F3N2O4/c1-21(2,3)31-20(30)27-18(12-14-7-9-17(28)10-8-14)19(29)26-13-15-5-4-6-16(11-15)22(23,24)25/h4-11,18,28H,12-13H2,1-3H3,(H,26,29)(H,27,30). The lowest BCUT2D eigenvalue weighted by atomic mass is 10.0. The molecule has 2 aromatic carbocycles. The molecule has 2 amide bonds. The normalized spacial score (nSPS) is 12.7. The molecule has 0 saturated carbocycles. The van der Waals surface area contributed by atoms with E-state index in [9.17, 15) is 27.9 Å². The number of carbonyl (C=O) groups is 2. The first kappa shape index (κ1) is 24.0. The number of hydrogen-bond acceptors (Lipinski definition) is 4. The lowest BCUT2D eigenvalue weighted by molar-refractivity contribution is -0.137. The number of ether oxygens (including phenoxy) is 1. The van der Waals surface area contributed by atoms with Gasteiger partial charge in [0.1, 0.15) is 17.4 Å². The van der Waals surface area contributed by atoms with Gasteiger partial charge in [-0.3, -0.25) is 4.79 Å². The molecule has 9 heteroatoms. The maximum absolute atomic E-state index is 12.9. The van der Waals surface area contributed by atoms with Gasteiger partial charge in [-0.1, -0.05) is 24.3 Å². The average molecular weight is 438 g/mol. The zero-order valence-corrected chi connectivity index (χ0v) is 17.4. The zero-order valence-electron chi connectivity index (χ0n) is 17.4. The van der Waals surface area contributed by atoms with Gasteiger partial charge in [0.05, 0.1) is 5.56 Å². The Kier molecular flexibility index (Phi) is 7.54. The SMILES string of the molecule is CC(C)(C)OC(=O)NC(Cc1ccc(O)cc1)C(=O)NCc1cccc(C(F)(F)F)c1. The highest BCUT2D eigenvalue weighted by Gasteiger charge is 2.30. The van der Waals surface area contributed by atoms with Crippen molar-refractivity contribution < 1.29 is 32.6 Å². The predicted octanol–water partition coefficient (Wildman–Crippen LogP) is 4.16. The minimum Gasteiger partial charge on any atom is -0.508 e. The molecule has 0 bridgehead atoms. The van der Waals surface area contributed by atoms with E-state index in [2.05, 4.69) is 10.6 Å². The second kappa shape index (κ2) is 9.72. The molecule has 6 nitrogen and oxygen atoms in total. The van der Waals surface area contributed by atoms with Gasteiger partial charge in [-0.15, -0.1) is 0 Å². The molecule has 31 heavy (non-hydrogen) atoms. The van der Waals surface area contributed by atoms with Gasteiger partial charge < -0.3 is 20.5 Å². The fourth-order valence-corrected chi connectivity index (χ4v) is 2.70. The van der Waals surface area contributed by atoms with Crippen LogP contribution in [0.4, 0.5) is 18.0 Å². The highest BCUT2D eigenvalue weighted by molar-refractivity contribution is 5.86. The Bertz CT molecular complexity index is 906. The van der Waals surface area contributed by atoms with Gasteiger partial charge in [0.2, 0.25) is 5.91 Å². The summed E-state index contributed by atoms with van der Waals surface area (Å²) in [6.07, 6.45) is -5.20. The number of carbonyl (C=O) groups excluding carboxylic acids is 2. The molecule has 0 spiro atoms. The third kappa shape index (κ3) is 8.19. The quantitative estimate of drug-likeness (QED) is 0.632. The van der Waals surface area contributed by atoms with Crippen molar-refractivity contribution in [3.63, 3.8) is 0 Å². The number of phenolic OH excluding ortho intramolecular Hbond substituents is 1. The summed E-state index contributed by atoms with van der Waals surface area (Å²) < 4.78 is 43.8. The Morgan fingerprint density at radius 2 is 1.68 bits per heavy atom. The lowest BCUT2D eigenvalue weighted by Crippen LogP contribution is -2.49. The molecule has 168 valence electrons. The van der Waals surface area contributed by atoms with Gasteiger partial charge in [0.15, 0.2) is 0 Å². The van der Waals surface area contributed by atoms with E-state index in [1.54, 1.807) is 32.9 Å². The van der Waals surface area contributed by atoms with E-state index in [0.29, 0.717) is 5.56 Å². The smallest absolute Gasteiger partial charge is 0.416 e. The molecule has 3 N–H and O–H groups in total. The number of benzene rings is 2. The van der Waals surface area contributed by atoms with E-state index in [1.165, 1.54) is 24.3 Å². The Balaban J connectivity index is 2.11. The fraction of sp³-hybridized carbons (Fsp3) is 0.364. The number of hydrogen-bond donors (Lipinski definition) is 3. The molecule has 0 aliphatic carbocycles. The second-order valence-electron chi connectivity index (χ2n) is 7.99. The maximum Gasteiger partial charge on any atom is 0.416 e. The summed E-state index contributed by atoms with van der Waals surface area (Å²) in [6.45, 7) is 4.88. The van der Waals surface area contributed by atoms with E-state index in [1.807, 2.05) is 0 Å². The van der Waals surface area contributed by atoms with Crippen molar-refractivity contribution in [3.8, 4) is 5.75 Å². The van der Waals surface area contributed by atoms with Gasteiger partial charge in [0.25, 0.3) is 0 Å². The molecule has 1 atom stereocenters. The summed E-state index contributed by atoms with van der Waals surface area (Å²) >= 11 is 0. The Labute approximate surface area is 178 Å². The van der Waals surface area contributed by atoms with Crippen LogP contribution < -0.4 is 10.6 Å². The van der Waals surface area contributed by atoms with Crippen LogP contribution in [0.2, 0.25) is 0 Å². The molecule has 1 unspecified atom stereocenters. The van der Waals surface area contributed by atoms with E-state index >= 15 is 0 Å². The number of aromatic hydroxyl groups is 1. The van der Waals surface area contributed by atoms with Crippen molar-refractivity contribution in [3.05, 3.63) is 65.2 Å². The molecule has 0 heterocycles. The summed E-state index contributed by atoms with van der Waals surface area (Å²) in [5.41, 5.74) is -0.662. The third-order valence-electron chi connectivity index (χ3n) is 4.10. The topological polar surface area (TPSA) is 87.7 Å². The molecule has 0 aliphatic rings. The molecule has 0 saturated heterocycles. The summed E-state index contributed by atoms with van der Waals surface area (Å²) in [7, 11) is 0. The van der Waals surface area contributed by atoms with Gasteiger partial charge >= 0.3 is 12.3 Å². The predicted molar refractivity (Wildman–Crippen MR) is 108 cm³/mol. The van der Waals surface area contributed by atoms with Gasteiger partial charge in [-0.2, -0.15) is 13.2 Å². The summed E-state index contributed by atoms with van der Waals surface area (Å²) in [5.74, 6) is -0.536. The van der Waals surface area contributed by atoms with Crippen LogP contribution in [0.1, 0.15) is 37.5 Å². The molecule has 0 aromatic heterocycles. The first-order valence-corrected chi connectivity index (χ1v) is 9.55. The average Bonchev–Trinajstić information content (AvgIpc) is 2.65. The number of phenols is 1. The number of amides is 2. The Hall–Kier alpha value is -3.23. The highest BCUT2D eigenvalue weighted by Crippen LogP contribution is 2.29. The molecule has 0 radical (unpaired) electrons. The number of nitrogens with one attached hydrogen (secondary N) is 2. The maximum atomic E-state index is 12.9. The monoisotopic (exact) mass is 438 g/mol. The summed E-state index contributed by atoms with van der Waals surface area (Å²) in [5, 5.41) is 14.5. The lowest BCUT2D eigenvalue weighted by Gasteiger charge is -2.23. The molecule has 2 rings (SSSR count). The number of halogens is 3. The minimum atomic E-state index is -4.49. The fourth-order valence-electron chi connectivity index (χ4n) is 2.70. The largest absolute Gasteiger partial charge is 0.508 e. The van der Waals surface area contributed by atoms with Crippen molar-refractivity contribution in [2.75, 3.05) is 0 Å². The van der Waals surface area contributed by atoms with E-state index < -0.39 is 35.4 Å². The Morgan fingerprint density at radius 3 is 2.26 bits per heavy atom. The van der Waals surface area contributed by atoms with Crippen LogP contribution in [-0.2, 0) is 28.7 Å². The van der Waals surface area contributed by atoms with Gasteiger partial charge in [-0.25, -0.2) is 4.79 Å². The third-order valence-corrected chi connectivity index (χ3v) is 4.10. The van der Waals surface area contributed by atoms with Crippen LogP contribution in [0.15, 0.2) is 48.5 Å². The molecule has 2 aromatic rings. The zero-order chi connectivity index (χ0) is 23.2. The van der Waals surface area contributed by atoms with Gasteiger partial charge in [-0.05, 0) is 56.2 Å².